The van der Waals surface area contributed by atoms with E-state index in [1.807, 2.05) is 50.2 Å². The Labute approximate surface area is 156 Å². The Morgan fingerprint density at radius 1 is 1.19 bits per heavy atom. The lowest BCUT2D eigenvalue weighted by molar-refractivity contribution is 0.0948. The summed E-state index contributed by atoms with van der Waals surface area (Å²) in [4.78, 5) is 30.6. The Morgan fingerprint density at radius 3 is 2.58 bits per heavy atom. The summed E-state index contributed by atoms with van der Waals surface area (Å²) in [6.07, 6.45) is 0. The third-order valence-electron chi connectivity index (χ3n) is 4.42. The number of amides is 1. The molecule has 5 nitrogen and oxygen atoms in total. The minimum absolute atomic E-state index is 0.198. The van der Waals surface area contributed by atoms with Crippen molar-refractivity contribution in [1.29, 1.82) is 0 Å². The molecule has 2 heterocycles. The predicted molar refractivity (Wildman–Crippen MR) is 105 cm³/mol. The fraction of sp³-hybridized carbons (Fsp3) is 0.250. The number of aromatic nitrogens is 2. The van der Waals surface area contributed by atoms with Crippen LogP contribution < -0.4 is 10.9 Å². The lowest BCUT2D eigenvalue weighted by atomic mass is 10.1. The van der Waals surface area contributed by atoms with Crippen LogP contribution in [0.1, 0.15) is 32.2 Å². The summed E-state index contributed by atoms with van der Waals surface area (Å²) in [7, 11) is 1.67. The average molecular weight is 367 g/mol. The number of nitrogens with zero attached hydrogens (tertiary/aromatic N) is 2. The van der Waals surface area contributed by atoms with Crippen LogP contribution in [0.15, 0.2) is 41.2 Å². The van der Waals surface area contributed by atoms with Crippen molar-refractivity contribution in [2.45, 2.75) is 27.3 Å². The second-order valence-corrected chi connectivity index (χ2v) is 7.37. The van der Waals surface area contributed by atoms with Gasteiger partial charge in [0, 0.05) is 23.2 Å². The first-order chi connectivity index (χ1) is 12.4. The number of aryl methyl sites for hydroxylation is 3. The topological polar surface area (TPSA) is 64.0 Å². The lowest BCUT2D eigenvalue weighted by Gasteiger charge is -2.10. The van der Waals surface area contributed by atoms with E-state index in [9.17, 15) is 9.59 Å². The standard InChI is InChI=1S/C20H21N3O2S/c1-12-10-13(2)23(4)20(25)17(12)18(24)21-11-16-14(3)22-19(26-16)15-8-6-5-7-9-15/h5-10H,11H2,1-4H3,(H,21,24). The zero-order valence-corrected chi connectivity index (χ0v) is 16.1. The third-order valence-corrected chi connectivity index (χ3v) is 5.62. The van der Waals surface area contributed by atoms with E-state index in [1.54, 1.807) is 25.3 Å². The van der Waals surface area contributed by atoms with Crippen LogP contribution in [0, 0.1) is 20.8 Å². The molecule has 0 unspecified atom stereocenters. The Bertz CT molecular complexity index is 1020. The Balaban J connectivity index is 1.80. The van der Waals surface area contributed by atoms with Crippen molar-refractivity contribution >= 4 is 17.2 Å². The molecule has 0 atom stereocenters. The number of hydrogen-bond acceptors (Lipinski definition) is 4. The molecule has 6 heteroatoms. The summed E-state index contributed by atoms with van der Waals surface area (Å²) in [6.45, 7) is 5.92. The van der Waals surface area contributed by atoms with Crippen molar-refractivity contribution in [2.75, 3.05) is 0 Å². The number of carbonyl (C=O) groups excluding carboxylic acids is 1. The SMILES string of the molecule is Cc1cc(C)n(C)c(=O)c1C(=O)NCc1sc(-c2ccccc2)nc1C. The summed E-state index contributed by atoms with van der Waals surface area (Å²) in [6, 6.07) is 11.8. The number of benzene rings is 1. The van der Waals surface area contributed by atoms with Gasteiger partial charge in [-0.15, -0.1) is 11.3 Å². The van der Waals surface area contributed by atoms with Crippen LogP contribution in [0.5, 0.6) is 0 Å². The van der Waals surface area contributed by atoms with E-state index in [0.29, 0.717) is 12.1 Å². The predicted octanol–water partition coefficient (Wildman–Crippen LogP) is 3.36. The smallest absolute Gasteiger partial charge is 0.263 e. The molecule has 1 aromatic carbocycles. The fourth-order valence-electron chi connectivity index (χ4n) is 2.80. The highest BCUT2D eigenvalue weighted by molar-refractivity contribution is 7.15. The number of nitrogens with one attached hydrogen (secondary N) is 1. The van der Waals surface area contributed by atoms with Crippen molar-refractivity contribution < 1.29 is 4.79 Å². The molecule has 1 N–H and O–H groups in total. The highest BCUT2D eigenvalue weighted by atomic mass is 32.1. The van der Waals surface area contributed by atoms with Crippen LogP contribution in [-0.2, 0) is 13.6 Å². The largest absolute Gasteiger partial charge is 0.347 e. The summed E-state index contributed by atoms with van der Waals surface area (Å²) < 4.78 is 1.49. The summed E-state index contributed by atoms with van der Waals surface area (Å²) in [5, 5.41) is 3.79. The molecule has 0 aliphatic heterocycles. The first kappa shape index (κ1) is 18.1. The number of pyridine rings is 1. The molecule has 0 saturated carbocycles. The van der Waals surface area contributed by atoms with E-state index in [0.717, 1.165) is 26.8 Å². The molecule has 0 radical (unpaired) electrons. The van der Waals surface area contributed by atoms with Crippen LogP contribution in [0.2, 0.25) is 0 Å². The maximum absolute atomic E-state index is 12.6. The average Bonchev–Trinajstić information content (AvgIpc) is 2.99. The molecule has 134 valence electrons. The summed E-state index contributed by atoms with van der Waals surface area (Å²) >= 11 is 1.55. The van der Waals surface area contributed by atoms with Crippen LogP contribution in [0.4, 0.5) is 0 Å². The molecule has 2 aromatic heterocycles. The van der Waals surface area contributed by atoms with Crippen molar-refractivity contribution in [2.24, 2.45) is 7.05 Å². The van der Waals surface area contributed by atoms with Gasteiger partial charge in [0.2, 0.25) is 0 Å². The molecule has 3 rings (SSSR count). The maximum Gasteiger partial charge on any atom is 0.263 e. The van der Waals surface area contributed by atoms with Gasteiger partial charge in [-0.1, -0.05) is 30.3 Å². The first-order valence-corrected chi connectivity index (χ1v) is 9.17. The van der Waals surface area contributed by atoms with E-state index >= 15 is 0 Å². The molecule has 0 bridgehead atoms. The highest BCUT2D eigenvalue weighted by Gasteiger charge is 2.17. The molecule has 0 aliphatic carbocycles. The third kappa shape index (κ3) is 3.46. The second-order valence-electron chi connectivity index (χ2n) is 6.28. The lowest BCUT2D eigenvalue weighted by Crippen LogP contribution is -2.33. The van der Waals surface area contributed by atoms with Crippen LogP contribution in [-0.4, -0.2) is 15.5 Å². The normalized spacial score (nSPS) is 10.8. The molecular weight excluding hydrogens is 346 g/mol. The molecule has 0 fully saturated rings. The van der Waals surface area contributed by atoms with E-state index in [2.05, 4.69) is 10.3 Å². The van der Waals surface area contributed by atoms with Gasteiger partial charge in [0.15, 0.2) is 0 Å². The van der Waals surface area contributed by atoms with Crippen molar-refractivity contribution in [1.82, 2.24) is 14.9 Å². The highest BCUT2D eigenvalue weighted by Crippen LogP contribution is 2.27. The zero-order chi connectivity index (χ0) is 18.8. The first-order valence-electron chi connectivity index (χ1n) is 8.35. The van der Waals surface area contributed by atoms with Crippen LogP contribution >= 0.6 is 11.3 Å². The van der Waals surface area contributed by atoms with Gasteiger partial charge in [0.05, 0.1) is 12.2 Å². The van der Waals surface area contributed by atoms with E-state index in [1.165, 1.54) is 4.57 Å². The number of rotatable bonds is 4. The van der Waals surface area contributed by atoms with Gasteiger partial charge < -0.3 is 9.88 Å². The van der Waals surface area contributed by atoms with Gasteiger partial charge in [-0.05, 0) is 32.4 Å². The van der Waals surface area contributed by atoms with E-state index in [4.69, 9.17) is 0 Å². The quantitative estimate of drug-likeness (QED) is 0.769. The van der Waals surface area contributed by atoms with E-state index in [-0.39, 0.29) is 17.0 Å². The van der Waals surface area contributed by atoms with Crippen molar-refractivity contribution in [3.63, 3.8) is 0 Å². The minimum Gasteiger partial charge on any atom is -0.347 e. The molecule has 0 aliphatic rings. The minimum atomic E-state index is -0.350. The van der Waals surface area contributed by atoms with Gasteiger partial charge in [-0.3, -0.25) is 9.59 Å². The van der Waals surface area contributed by atoms with Gasteiger partial charge >= 0.3 is 0 Å². The number of carbonyl (C=O) groups is 1. The molecule has 3 aromatic rings. The van der Waals surface area contributed by atoms with Gasteiger partial charge in [0.1, 0.15) is 10.6 Å². The van der Waals surface area contributed by atoms with Crippen LogP contribution in [0.25, 0.3) is 10.6 Å². The van der Waals surface area contributed by atoms with Crippen molar-refractivity contribution in [3.05, 3.63) is 74.1 Å². The zero-order valence-electron chi connectivity index (χ0n) is 15.3. The van der Waals surface area contributed by atoms with E-state index < -0.39 is 0 Å². The Morgan fingerprint density at radius 2 is 1.88 bits per heavy atom. The molecular formula is C20H21N3O2S. The maximum atomic E-state index is 12.6. The van der Waals surface area contributed by atoms with Crippen LogP contribution in [0.3, 0.4) is 0 Å². The summed E-state index contributed by atoms with van der Waals surface area (Å²) in [5.74, 6) is -0.350. The number of hydrogen-bond donors (Lipinski definition) is 1. The van der Waals surface area contributed by atoms with Gasteiger partial charge in [-0.25, -0.2) is 4.98 Å². The fourth-order valence-corrected chi connectivity index (χ4v) is 3.81. The van der Waals surface area contributed by atoms with Crippen molar-refractivity contribution in [3.8, 4) is 10.6 Å². The monoisotopic (exact) mass is 367 g/mol. The Hall–Kier alpha value is -2.73. The molecule has 0 spiro atoms. The van der Waals surface area contributed by atoms with Gasteiger partial charge in [-0.2, -0.15) is 0 Å². The number of thiazole rings is 1. The molecule has 26 heavy (non-hydrogen) atoms. The Kier molecular flexibility index (Phi) is 5.04. The molecule has 1 amide bonds. The van der Waals surface area contributed by atoms with Gasteiger partial charge in [0.25, 0.3) is 11.5 Å². The molecule has 0 saturated heterocycles. The second kappa shape index (κ2) is 7.25. The summed E-state index contributed by atoms with van der Waals surface area (Å²) in [5.41, 5.74) is 3.39.